The summed E-state index contributed by atoms with van der Waals surface area (Å²) in [5, 5.41) is 2.64. The van der Waals surface area contributed by atoms with E-state index < -0.39 is 0 Å². The lowest BCUT2D eigenvalue weighted by Gasteiger charge is -2.28. The number of morpholine rings is 1. The van der Waals surface area contributed by atoms with Crippen molar-refractivity contribution in [3.63, 3.8) is 0 Å². The normalized spacial score (nSPS) is 14.4. The highest BCUT2D eigenvalue weighted by Crippen LogP contribution is 2.30. The van der Waals surface area contributed by atoms with Gasteiger partial charge in [-0.1, -0.05) is 42.5 Å². The van der Waals surface area contributed by atoms with Gasteiger partial charge < -0.3 is 14.5 Å². The fourth-order valence-electron chi connectivity index (χ4n) is 3.93. The molecule has 0 N–H and O–H groups in total. The molecule has 0 unspecified atom stereocenters. The third-order valence-corrected chi connectivity index (χ3v) is 5.55. The molecule has 1 aliphatic rings. The van der Waals surface area contributed by atoms with E-state index >= 15 is 0 Å². The van der Waals surface area contributed by atoms with Crippen LogP contribution in [0.2, 0.25) is 5.28 Å². The first-order valence-electron chi connectivity index (χ1n) is 9.89. The van der Waals surface area contributed by atoms with Crippen LogP contribution in [0.15, 0.2) is 48.8 Å². The Morgan fingerprint density at radius 3 is 2.67 bits per heavy atom. The van der Waals surface area contributed by atoms with Crippen LogP contribution in [0.3, 0.4) is 0 Å². The molecule has 0 spiro atoms. The lowest BCUT2D eigenvalue weighted by Crippen LogP contribution is -2.37. The van der Waals surface area contributed by atoms with Crippen LogP contribution >= 0.6 is 11.6 Å². The van der Waals surface area contributed by atoms with Gasteiger partial charge in [-0.2, -0.15) is 4.98 Å². The molecule has 0 bridgehead atoms. The first kappa shape index (κ1) is 19.0. The van der Waals surface area contributed by atoms with Gasteiger partial charge in [0, 0.05) is 26.7 Å². The van der Waals surface area contributed by atoms with Gasteiger partial charge in [-0.05, 0) is 27.9 Å². The second kappa shape index (κ2) is 8.01. The quantitative estimate of drug-likeness (QED) is 0.466. The Morgan fingerprint density at radius 1 is 1.00 bits per heavy atom. The van der Waals surface area contributed by atoms with E-state index in [0.717, 1.165) is 24.7 Å². The van der Waals surface area contributed by atoms with Crippen LogP contribution < -0.4 is 9.80 Å². The molecule has 1 aliphatic heterocycles. The number of hydrogen-bond acceptors (Lipinski definition) is 7. The smallest absolute Gasteiger partial charge is 0.225 e. The minimum Gasteiger partial charge on any atom is -0.378 e. The van der Waals surface area contributed by atoms with Crippen LogP contribution in [0.1, 0.15) is 5.56 Å². The van der Waals surface area contributed by atoms with Crippen molar-refractivity contribution in [1.29, 1.82) is 0 Å². The predicted octanol–water partition coefficient (Wildman–Crippen LogP) is 3.70. The minimum atomic E-state index is 0.193. The average molecular weight is 421 g/mol. The highest BCUT2D eigenvalue weighted by Gasteiger charge is 2.21. The molecule has 0 aliphatic carbocycles. The van der Waals surface area contributed by atoms with Crippen molar-refractivity contribution in [1.82, 2.24) is 19.9 Å². The van der Waals surface area contributed by atoms with Gasteiger partial charge in [-0.25, -0.2) is 15.0 Å². The maximum Gasteiger partial charge on any atom is 0.225 e. The molecule has 0 saturated carbocycles. The maximum absolute atomic E-state index is 6.30. The molecule has 0 radical (unpaired) electrons. The second-order valence-electron chi connectivity index (χ2n) is 7.30. The fraction of sp³-hybridized carbons (Fsp3) is 0.273. The third kappa shape index (κ3) is 3.51. The highest BCUT2D eigenvalue weighted by molar-refractivity contribution is 6.29. The summed E-state index contributed by atoms with van der Waals surface area (Å²) < 4.78 is 5.47. The van der Waals surface area contributed by atoms with E-state index in [0.29, 0.717) is 30.8 Å². The van der Waals surface area contributed by atoms with Gasteiger partial charge in [-0.15, -0.1) is 0 Å². The molecule has 1 fully saturated rings. The Labute approximate surface area is 179 Å². The van der Waals surface area contributed by atoms with E-state index in [2.05, 4.69) is 72.2 Å². The standard InChI is InChI=1S/C22H21ClN6O/c1-28(13-16-7-4-6-15-5-2-3-8-17(15)16)20-19-18(24-14-25-20)21(27-22(23)26-19)29-9-11-30-12-10-29/h2-8,14H,9-13H2,1H3. The van der Waals surface area contributed by atoms with Crippen LogP contribution in [0.5, 0.6) is 0 Å². The summed E-state index contributed by atoms with van der Waals surface area (Å²) in [6, 6.07) is 14.7. The van der Waals surface area contributed by atoms with Crippen LogP contribution in [-0.4, -0.2) is 53.3 Å². The van der Waals surface area contributed by atoms with Crippen molar-refractivity contribution in [2.24, 2.45) is 0 Å². The van der Waals surface area contributed by atoms with Crippen LogP contribution in [0.4, 0.5) is 11.6 Å². The average Bonchev–Trinajstić information content (AvgIpc) is 2.79. The molecule has 2 aromatic heterocycles. The van der Waals surface area contributed by atoms with Crippen molar-refractivity contribution in [3.8, 4) is 0 Å². The Kier molecular flexibility index (Phi) is 5.06. The van der Waals surface area contributed by atoms with Gasteiger partial charge >= 0.3 is 0 Å². The molecular formula is C22H21ClN6O. The number of halogens is 1. The van der Waals surface area contributed by atoms with E-state index in [-0.39, 0.29) is 5.28 Å². The van der Waals surface area contributed by atoms with Gasteiger partial charge in [0.15, 0.2) is 11.6 Å². The van der Waals surface area contributed by atoms with Gasteiger partial charge in [0.2, 0.25) is 5.28 Å². The predicted molar refractivity (Wildman–Crippen MR) is 119 cm³/mol. The molecule has 1 saturated heterocycles. The minimum absolute atomic E-state index is 0.193. The Balaban J connectivity index is 1.56. The summed E-state index contributed by atoms with van der Waals surface area (Å²) in [6.45, 7) is 3.48. The van der Waals surface area contributed by atoms with Crippen LogP contribution in [-0.2, 0) is 11.3 Å². The lowest BCUT2D eigenvalue weighted by atomic mass is 10.0. The molecule has 7 nitrogen and oxygen atoms in total. The molecular weight excluding hydrogens is 400 g/mol. The molecule has 4 aromatic rings. The van der Waals surface area contributed by atoms with E-state index in [1.807, 2.05) is 7.05 Å². The van der Waals surface area contributed by atoms with Gasteiger partial charge in [0.25, 0.3) is 0 Å². The third-order valence-electron chi connectivity index (χ3n) is 5.38. The number of ether oxygens (including phenoxy) is 1. The summed E-state index contributed by atoms with van der Waals surface area (Å²) in [6.07, 6.45) is 1.57. The summed E-state index contributed by atoms with van der Waals surface area (Å²) in [4.78, 5) is 22.2. The first-order chi connectivity index (χ1) is 14.7. The van der Waals surface area contributed by atoms with Gasteiger partial charge in [-0.3, -0.25) is 0 Å². The Morgan fingerprint density at radius 2 is 1.80 bits per heavy atom. The largest absolute Gasteiger partial charge is 0.378 e. The number of anilines is 2. The maximum atomic E-state index is 6.30. The Bertz CT molecular complexity index is 1210. The van der Waals surface area contributed by atoms with Crippen LogP contribution in [0.25, 0.3) is 21.8 Å². The molecule has 0 amide bonds. The zero-order valence-electron chi connectivity index (χ0n) is 16.6. The molecule has 0 atom stereocenters. The topological polar surface area (TPSA) is 67.3 Å². The summed E-state index contributed by atoms with van der Waals surface area (Å²) in [5.41, 5.74) is 2.58. The van der Waals surface area contributed by atoms with Crippen LogP contribution in [0, 0.1) is 0 Å². The summed E-state index contributed by atoms with van der Waals surface area (Å²) >= 11 is 6.30. The number of fused-ring (bicyclic) bond motifs is 2. The fourth-order valence-corrected chi connectivity index (χ4v) is 4.09. The molecule has 2 aromatic carbocycles. The Hall–Kier alpha value is -3.03. The lowest BCUT2D eigenvalue weighted by molar-refractivity contribution is 0.122. The van der Waals surface area contributed by atoms with E-state index in [9.17, 15) is 0 Å². The molecule has 5 rings (SSSR count). The number of benzene rings is 2. The van der Waals surface area contributed by atoms with E-state index in [1.165, 1.54) is 16.3 Å². The number of rotatable bonds is 4. The van der Waals surface area contributed by atoms with Crippen molar-refractivity contribution >= 4 is 45.0 Å². The van der Waals surface area contributed by atoms with Crippen molar-refractivity contribution in [2.45, 2.75) is 6.54 Å². The number of nitrogens with zero attached hydrogens (tertiary/aromatic N) is 6. The zero-order chi connectivity index (χ0) is 20.5. The van der Waals surface area contributed by atoms with Crippen molar-refractivity contribution in [2.75, 3.05) is 43.2 Å². The zero-order valence-corrected chi connectivity index (χ0v) is 17.4. The summed E-state index contributed by atoms with van der Waals surface area (Å²) in [5.74, 6) is 1.46. The molecule has 152 valence electrons. The number of aromatic nitrogens is 4. The SMILES string of the molecule is CN(Cc1cccc2ccccc12)c1ncnc2c(N3CCOCC3)nc(Cl)nc12. The van der Waals surface area contributed by atoms with Crippen molar-refractivity contribution < 1.29 is 4.74 Å². The molecule has 3 heterocycles. The monoisotopic (exact) mass is 420 g/mol. The second-order valence-corrected chi connectivity index (χ2v) is 7.64. The molecule has 8 heteroatoms. The van der Waals surface area contributed by atoms with Gasteiger partial charge in [0.1, 0.15) is 17.4 Å². The van der Waals surface area contributed by atoms with Crippen molar-refractivity contribution in [3.05, 3.63) is 59.6 Å². The van der Waals surface area contributed by atoms with E-state index in [1.54, 1.807) is 6.33 Å². The highest BCUT2D eigenvalue weighted by atomic mass is 35.5. The molecule has 30 heavy (non-hydrogen) atoms. The number of hydrogen-bond donors (Lipinski definition) is 0. The van der Waals surface area contributed by atoms with Gasteiger partial charge in [0.05, 0.1) is 13.2 Å². The van der Waals surface area contributed by atoms with E-state index in [4.69, 9.17) is 16.3 Å². The summed E-state index contributed by atoms with van der Waals surface area (Å²) in [7, 11) is 2.01. The first-order valence-corrected chi connectivity index (χ1v) is 10.3.